The molecular weight excluding hydrogens is 218 g/mol. The zero-order chi connectivity index (χ0) is 11.8. The van der Waals surface area contributed by atoms with Crippen LogP contribution in [0.25, 0.3) is 5.82 Å². The van der Waals surface area contributed by atoms with E-state index in [9.17, 15) is 4.79 Å². The molecule has 17 heavy (non-hydrogen) atoms. The minimum absolute atomic E-state index is 0.290. The van der Waals surface area contributed by atoms with Crippen molar-refractivity contribution in [3.05, 3.63) is 41.9 Å². The maximum Gasteiger partial charge on any atom is 0.339 e. The van der Waals surface area contributed by atoms with Gasteiger partial charge in [-0.2, -0.15) is 5.10 Å². The number of nitrogens with zero attached hydrogens (tertiary/aromatic N) is 3. The van der Waals surface area contributed by atoms with Crippen LogP contribution in [0.1, 0.15) is 34.8 Å². The molecule has 0 radical (unpaired) electrons. The number of hydrogen-bond acceptors (Lipinski definition) is 3. The van der Waals surface area contributed by atoms with Crippen molar-refractivity contribution in [2.75, 3.05) is 0 Å². The Bertz CT molecular complexity index is 558. The van der Waals surface area contributed by atoms with Crippen molar-refractivity contribution >= 4 is 5.97 Å². The number of rotatable bonds is 3. The molecule has 1 N–H and O–H groups in total. The fourth-order valence-corrected chi connectivity index (χ4v) is 1.93. The third-order valence-electron chi connectivity index (χ3n) is 2.87. The Hall–Kier alpha value is -2.17. The Morgan fingerprint density at radius 1 is 1.41 bits per heavy atom. The number of aromatic nitrogens is 3. The summed E-state index contributed by atoms with van der Waals surface area (Å²) in [6, 6.07) is 5.51. The quantitative estimate of drug-likeness (QED) is 0.872. The summed E-state index contributed by atoms with van der Waals surface area (Å²) < 4.78 is 1.64. The van der Waals surface area contributed by atoms with Crippen LogP contribution in [0, 0.1) is 0 Å². The third-order valence-corrected chi connectivity index (χ3v) is 2.87. The lowest BCUT2D eigenvalue weighted by atomic mass is 10.2. The molecule has 0 saturated heterocycles. The number of carbonyl (C=O) groups is 1. The van der Waals surface area contributed by atoms with Gasteiger partial charge in [-0.3, -0.25) is 0 Å². The molecule has 1 aliphatic rings. The van der Waals surface area contributed by atoms with E-state index in [4.69, 9.17) is 5.11 Å². The first-order valence-corrected chi connectivity index (χ1v) is 5.50. The molecule has 0 aromatic carbocycles. The molecule has 0 atom stereocenters. The van der Waals surface area contributed by atoms with Crippen molar-refractivity contribution in [3.8, 4) is 5.82 Å². The van der Waals surface area contributed by atoms with E-state index in [-0.39, 0.29) is 5.56 Å². The van der Waals surface area contributed by atoms with E-state index in [2.05, 4.69) is 10.1 Å². The summed E-state index contributed by atoms with van der Waals surface area (Å²) in [5, 5.41) is 13.3. The lowest BCUT2D eigenvalue weighted by molar-refractivity contribution is 0.0695. The highest BCUT2D eigenvalue weighted by Gasteiger charge is 2.33. The van der Waals surface area contributed by atoms with Crippen LogP contribution in [0.2, 0.25) is 0 Å². The molecule has 5 nitrogen and oxygen atoms in total. The summed E-state index contributed by atoms with van der Waals surface area (Å²) >= 11 is 0. The zero-order valence-electron chi connectivity index (χ0n) is 9.08. The number of pyridine rings is 1. The molecule has 0 spiro atoms. The molecule has 3 rings (SSSR count). The normalized spacial score (nSPS) is 14.8. The first kappa shape index (κ1) is 10.0. The van der Waals surface area contributed by atoms with Gasteiger partial charge < -0.3 is 5.11 Å². The van der Waals surface area contributed by atoms with Crippen LogP contribution in [0.5, 0.6) is 0 Å². The van der Waals surface area contributed by atoms with E-state index in [1.165, 1.54) is 6.20 Å². The van der Waals surface area contributed by atoms with Gasteiger partial charge in [-0.1, -0.05) is 6.07 Å². The summed E-state index contributed by atoms with van der Waals surface area (Å²) in [6.07, 6.45) is 5.14. The lowest BCUT2D eigenvalue weighted by Crippen LogP contribution is -2.06. The summed E-state index contributed by atoms with van der Waals surface area (Å²) in [5.41, 5.74) is 1.06. The van der Waals surface area contributed by atoms with Crippen molar-refractivity contribution in [1.29, 1.82) is 0 Å². The smallest absolute Gasteiger partial charge is 0.339 e. The molecule has 86 valence electrons. The molecular formula is C12H11N3O2. The molecule has 1 fully saturated rings. The van der Waals surface area contributed by atoms with E-state index >= 15 is 0 Å². The average Bonchev–Trinajstić information content (AvgIpc) is 3.08. The van der Waals surface area contributed by atoms with Gasteiger partial charge in [0.25, 0.3) is 0 Å². The molecule has 2 aromatic heterocycles. The SMILES string of the molecule is O=C(O)c1cnn(-c2ccccn2)c1C1CC1. The van der Waals surface area contributed by atoms with Gasteiger partial charge in [-0.25, -0.2) is 14.5 Å². The molecule has 0 unspecified atom stereocenters. The Kier molecular flexibility index (Phi) is 2.18. The van der Waals surface area contributed by atoms with Gasteiger partial charge in [0.1, 0.15) is 5.56 Å². The topological polar surface area (TPSA) is 68.0 Å². The van der Waals surface area contributed by atoms with Crippen LogP contribution >= 0.6 is 0 Å². The molecule has 2 aromatic rings. The van der Waals surface area contributed by atoms with Crippen molar-refractivity contribution in [3.63, 3.8) is 0 Å². The number of aromatic carboxylic acids is 1. The molecule has 1 aliphatic carbocycles. The van der Waals surface area contributed by atoms with Crippen LogP contribution in [0.4, 0.5) is 0 Å². The van der Waals surface area contributed by atoms with Gasteiger partial charge in [-0.05, 0) is 25.0 Å². The van der Waals surface area contributed by atoms with Gasteiger partial charge in [-0.15, -0.1) is 0 Å². The number of carboxylic acid groups (broad SMARTS) is 1. The predicted molar refractivity (Wildman–Crippen MR) is 60.3 cm³/mol. The molecule has 0 aliphatic heterocycles. The minimum Gasteiger partial charge on any atom is -0.478 e. The maximum absolute atomic E-state index is 11.1. The van der Waals surface area contributed by atoms with Crippen LogP contribution < -0.4 is 0 Å². The third kappa shape index (κ3) is 1.69. The number of carboxylic acids is 1. The lowest BCUT2D eigenvalue weighted by Gasteiger charge is -2.05. The van der Waals surface area contributed by atoms with Gasteiger partial charge >= 0.3 is 5.97 Å². The van der Waals surface area contributed by atoms with Crippen LogP contribution in [-0.2, 0) is 0 Å². The summed E-state index contributed by atoms with van der Waals surface area (Å²) in [4.78, 5) is 15.3. The van der Waals surface area contributed by atoms with Gasteiger partial charge in [0.15, 0.2) is 5.82 Å². The second-order valence-electron chi connectivity index (χ2n) is 4.12. The first-order chi connectivity index (χ1) is 8.27. The second-order valence-corrected chi connectivity index (χ2v) is 4.12. The van der Waals surface area contributed by atoms with Gasteiger partial charge in [0.2, 0.25) is 0 Å². The van der Waals surface area contributed by atoms with Gasteiger partial charge in [0.05, 0.1) is 11.9 Å². The Morgan fingerprint density at radius 2 is 2.24 bits per heavy atom. The zero-order valence-corrected chi connectivity index (χ0v) is 9.08. The fourth-order valence-electron chi connectivity index (χ4n) is 1.93. The van der Waals surface area contributed by atoms with Crippen molar-refractivity contribution in [1.82, 2.24) is 14.8 Å². The highest BCUT2D eigenvalue weighted by molar-refractivity contribution is 5.89. The molecule has 5 heteroatoms. The summed E-state index contributed by atoms with van der Waals surface area (Å²) in [7, 11) is 0. The van der Waals surface area contributed by atoms with E-state index < -0.39 is 5.97 Å². The Morgan fingerprint density at radius 3 is 2.82 bits per heavy atom. The van der Waals surface area contributed by atoms with Crippen molar-refractivity contribution in [2.45, 2.75) is 18.8 Å². The molecule has 0 bridgehead atoms. The van der Waals surface area contributed by atoms with E-state index in [1.54, 1.807) is 10.9 Å². The predicted octanol–water partition coefficient (Wildman–Crippen LogP) is 1.84. The highest BCUT2D eigenvalue weighted by Crippen LogP contribution is 2.42. The second kappa shape index (κ2) is 3.69. The number of hydrogen-bond donors (Lipinski definition) is 1. The Labute approximate surface area is 97.7 Å². The standard InChI is InChI=1S/C12H11N3O2/c16-12(17)9-7-14-15(11(9)8-4-5-8)10-3-1-2-6-13-10/h1-3,6-8H,4-5H2,(H,16,17). The van der Waals surface area contributed by atoms with E-state index in [0.717, 1.165) is 18.5 Å². The maximum atomic E-state index is 11.1. The summed E-state index contributed by atoms with van der Waals surface area (Å²) in [5.74, 6) is 0.0570. The van der Waals surface area contributed by atoms with Gasteiger partial charge in [0, 0.05) is 12.1 Å². The molecule has 2 heterocycles. The summed E-state index contributed by atoms with van der Waals surface area (Å²) in [6.45, 7) is 0. The van der Waals surface area contributed by atoms with E-state index in [1.807, 2.05) is 18.2 Å². The van der Waals surface area contributed by atoms with Crippen LogP contribution in [0.15, 0.2) is 30.6 Å². The largest absolute Gasteiger partial charge is 0.478 e. The van der Waals surface area contributed by atoms with Crippen LogP contribution in [-0.4, -0.2) is 25.8 Å². The molecule has 1 saturated carbocycles. The minimum atomic E-state index is -0.922. The van der Waals surface area contributed by atoms with E-state index in [0.29, 0.717) is 11.7 Å². The highest BCUT2D eigenvalue weighted by atomic mass is 16.4. The monoisotopic (exact) mass is 229 g/mol. The molecule has 0 amide bonds. The fraction of sp³-hybridized carbons (Fsp3) is 0.250. The van der Waals surface area contributed by atoms with Crippen LogP contribution in [0.3, 0.4) is 0 Å². The van der Waals surface area contributed by atoms with Crippen molar-refractivity contribution < 1.29 is 9.90 Å². The Balaban J connectivity index is 2.14. The first-order valence-electron chi connectivity index (χ1n) is 5.50. The van der Waals surface area contributed by atoms with Crippen molar-refractivity contribution in [2.24, 2.45) is 0 Å². The average molecular weight is 229 g/mol.